The minimum Gasteiger partial charge on any atom is -0.244 e. The topological polar surface area (TPSA) is 12.9 Å². The predicted molar refractivity (Wildman–Crippen MR) is 59.4 cm³/mol. The Morgan fingerprint density at radius 1 is 1.20 bits per heavy atom. The summed E-state index contributed by atoms with van der Waals surface area (Å²) in [6, 6.07) is 8.12. The maximum Gasteiger partial charge on any atom is 0.129 e. The molecule has 2 rings (SSSR count). The molecule has 1 aromatic heterocycles. The van der Waals surface area contributed by atoms with E-state index >= 15 is 0 Å². The van der Waals surface area contributed by atoms with E-state index in [0.29, 0.717) is 5.15 Å². The average Bonchev–Trinajstić information content (AvgIpc) is 2.20. The molecule has 76 valence electrons. The van der Waals surface area contributed by atoms with Crippen molar-refractivity contribution in [3.63, 3.8) is 0 Å². The Hall–Kier alpha value is -1.41. The fourth-order valence-electron chi connectivity index (χ4n) is 1.45. The monoisotopic (exact) mass is 221 g/mol. The molecule has 0 saturated heterocycles. The summed E-state index contributed by atoms with van der Waals surface area (Å²) in [5.74, 6) is -0.238. The van der Waals surface area contributed by atoms with Crippen molar-refractivity contribution in [2.24, 2.45) is 0 Å². The summed E-state index contributed by atoms with van der Waals surface area (Å²) in [5.41, 5.74) is 2.94. The van der Waals surface area contributed by atoms with Crippen molar-refractivity contribution in [3.05, 3.63) is 53.1 Å². The van der Waals surface area contributed by atoms with Crippen LogP contribution in [0, 0.1) is 12.7 Å². The van der Waals surface area contributed by atoms with Gasteiger partial charge in [-0.25, -0.2) is 9.37 Å². The van der Waals surface area contributed by atoms with Crippen molar-refractivity contribution >= 4 is 11.6 Å². The van der Waals surface area contributed by atoms with Crippen LogP contribution in [0.5, 0.6) is 0 Å². The molecule has 0 N–H and O–H groups in total. The van der Waals surface area contributed by atoms with Crippen molar-refractivity contribution < 1.29 is 4.39 Å². The molecule has 2 aromatic rings. The number of benzene rings is 1. The number of hydrogen-bond acceptors (Lipinski definition) is 1. The lowest BCUT2D eigenvalue weighted by Gasteiger charge is -2.05. The van der Waals surface area contributed by atoms with Crippen molar-refractivity contribution in [1.29, 1.82) is 0 Å². The van der Waals surface area contributed by atoms with E-state index in [2.05, 4.69) is 4.98 Å². The number of hydrogen-bond donors (Lipinski definition) is 0. The molecule has 0 radical (unpaired) electrons. The maximum absolute atomic E-state index is 12.7. The third kappa shape index (κ3) is 2.16. The lowest BCUT2D eigenvalue weighted by molar-refractivity contribution is 0.628. The molecule has 0 unspecified atom stereocenters. The number of aryl methyl sites for hydroxylation is 1. The molecule has 0 bridgehead atoms. The fourth-order valence-corrected chi connectivity index (χ4v) is 1.67. The van der Waals surface area contributed by atoms with E-state index in [4.69, 9.17) is 11.6 Å². The first-order chi connectivity index (χ1) is 7.16. The number of pyridine rings is 1. The van der Waals surface area contributed by atoms with E-state index in [-0.39, 0.29) is 5.82 Å². The summed E-state index contributed by atoms with van der Waals surface area (Å²) >= 11 is 5.76. The van der Waals surface area contributed by atoms with Crippen molar-refractivity contribution in [1.82, 2.24) is 4.98 Å². The van der Waals surface area contributed by atoms with Gasteiger partial charge in [-0.05, 0) is 36.2 Å². The zero-order valence-corrected chi connectivity index (χ0v) is 8.92. The Morgan fingerprint density at radius 2 is 1.87 bits per heavy atom. The normalized spacial score (nSPS) is 10.3. The van der Waals surface area contributed by atoms with Gasteiger partial charge >= 0.3 is 0 Å². The number of aromatic nitrogens is 1. The summed E-state index contributed by atoms with van der Waals surface area (Å²) in [4.78, 5) is 4.01. The van der Waals surface area contributed by atoms with Crippen molar-refractivity contribution in [2.75, 3.05) is 0 Å². The summed E-state index contributed by atoms with van der Waals surface area (Å²) in [6.45, 7) is 1.95. The van der Waals surface area contributed by atoms with E-state index < -0.39 is 0 Å². The lowest BCUT2D eigenvalue weighted by Crippen LogP contribution is -1.86. The Labute approximate surface area is 92.5 Å². The van der Waals surface area contributed by atoms with Crippen LogP contribution in [0.3, 0.4) is 0 Å². The summed E-state index contributed by atoms with van der Waals surface area (Å²) in [6.07, 6.45) is 1.70. The molecule has 0 saturated carbocycles. The Bertz CT molecular complexity index is 479. The molecule has 0 aliphatic rings. The minimum atomic E-state index is -0.238. The van der Waals surface area contributed by atoms with Gasteiger partial charge in [-0.2, -0.15) is 0 Å². The zero-order chi connectivity index (χ0) is 10.8. The average molecular weight is 222 g/mol. The van der Waals surface area contributed by atoms with Crippen LogP contribution in [0.1, 0.15) is 5.56 Å². The number of halogens is 2. The first-order valence-corrected chi connectivity index (χ1v) is 4.93. The van der Waals surface area contributed by atoms with E-state index in [9.17, 15) is 4.39 Å². The minimum absolute atomic E-state index is 0.238. The first kappa shape index (κ1) is 10.1. The van der Waals surface area contributed by atoms with Gasteiger partial charge in [0.2, 0.25) is 0 Å². The van der Waals surface area contributed by atoms with E-state index in [1.165, 1.54) is 12.1 Å². The van der Waals surface area contributed by atoms with Gasteiger partial charge in [0.05, 0.1) is 0 Å². The molecule has 0 aliphatic carbocycles. The van der Waals surface area contributed by atoms with Crippen molar-refractivity contribution in [2.45, 2.75) is 6.92 Å². The van der Waals surface area contributed by atoms with Crippen LogP contribution >= 0.6 is 11.6 Å². The van der Waals surface area contributed by atoms with Crippen LogP contribution in [0.25, 0.3) is 11.1 Å². The predicted octanol–water partition coefficient (Wildman–Crippen LogP) is 3.85. The second-order valence-corrected chi connectivity index (χ2v) is 3.72. The summed E-state index contributed by atoms with van der Waals surface area (Å²) in [5, 5.41) is 0.471. The third-order valence-corrected chi connectivity index (χ3v) is 2.44. The van der Waals surface area contributed by atoms with Gasteiger partial charge in [0, 0.05) is 11.8 Å². The van der Waals surface area contributed by atoms with Crippen LogP contribution in [-0.4, -0.2) is 4.98 Å². The molecule has 1 aromatic carbocycles. The highest BCUT2D eigenvalue weighted by Crippen LogP contribution is 2.24. The zero-order valence-electron chi connectivity index (χ0n) is 8.17. The Morgan fingerprint density at radius 3 is 2.47 bits per heavy atom. The Kier molecular flexibility index (Phi) is 2.69. The molecular formula is C12H9ClFN. The molecule has 1 heterocycles. The van der Waals surface area contributed by atoms with Gasteiger partial charge in [-0.3, -0.25) is 0 Å². The summed E-state index contributed by atoms with van der Waals surface area (Å²) in [7, 11) is 0. The molecule has 3 heteroatoms. The largest absolute Gasteiger partial charge is 0.244 e. The first-order valence-electron chi connectivity index (χ1n) is 4.55. The fraction of sp³-hybridized carbons (Fsp3) is 0.0833. The second-order valence-electron chi connectivity index (χ2n) is 3.33. The highest BCUT2D eigenvalue weighted by atomic mass is 35.5. The quantitative estimate of drug-likeness (QED) is 0.667. The van der Waals surface area contributed by atoms with E-state index in [1.54, 1.807) is 24.4 Å². The van der Waals surface area contributed by atoms with Crippen molar-refractivity contribution in [3.8, 4) is 11.1 Å². The smallest absolute Gasteiger partial charge is 0.129 e. The third-order valence-electron chi connectivity index (χ3n) is 2.23. The summed E-state index contributed by atoms with van der Waals surface area (Å²) < 4.78 is 12.7. The van der Waals surface area contributed by atoms with Crippen LogP contribution in [0.2, 0.25) is 5.15 Å². The van der Waals surface area contributed by atoms with Gasteiger partial charge in [0.25, 0.3) is 0 Å². The van der Waals surface area contributed by atoms with Crippen LogP contribution < -0.4 is 0 Å². The van der Waals surface area contributed by atoms with Crippen LogP contribution in [0.15, 0.2) is 36.5 Å². The lowest BCUT2D eigenvalue weighted by atomic mass is 10.0. The second kappa shape index (κ2) is 3.99. The molecule has 0 spiro atoms. The molecular weight excluding hydrogens is 213 g/mol. The molecule has 0 amide bonds. The van der Waals surface area contributed by atoms with Gasteiger partial charge in [0.15, 0.2) is 0 Å². The van der Waals surface area contributed by atoms with Crippen LogP contribution in [-0.2, 0) is 0 Å². The Balaban J connectivity index is 2.49. The number of rotatable bonds is 1. The van der Waals surface area contributed by atoms with Gasteiger partial charge in [0.1, 0.15) is 11.0 Å². The standard InChI is InChI=1S/C12H9ClFN/c1-8-6-12(13)15-7-11(8)9-2-4-10(14)5-3-9/h2-7H,1H3. The van der Waals surface area contributed by atoms with Gasteiger partial charge < -0.3 is 0 Å². The van der Waals surface area contributed by atoms with E-state index in [1.807, 2.05) is 6.92 Å². The highest BCUT2D eigenvalue weighted by Gasteiger charge is 2.03. The molecule has 0 atom stereocenters. The SMILES string of the molecule is Cc1cc(Cl)ncc1-c1ccc(F)cc1. The van der Waals surface area contributed by atoms with Gasteiger partial charge in [-0.1, -0.05) is 23.7 Å². The molecule has 1 nitrogen and oxygen atoms in total. The van der Waals surface area contributed by atoms with E-state index in [0.717, 1.165) is 16.7 Å². The maximum atomic E-state index is 12.7. The number of nitrogens with zero attached hydrogens (tertiary/aromatic N) is 1. The van der Waals surface area contributed by atoms with Gasteiger partial charge in [-0.15, -0.1) is 0 Å². The van der Waals surface area contributed by atoms with Crippen LogP contribution in [0.4, 0.5) is 4.39 Å². The highest BCUT2D eigenvalue weighted by molar-refractivity contribution is 6.29. The molecule has 0 fully saturated rings. The molecule has 15 heavy (non-hydrogen) atoms. The molecule has 0 aliphatic heterocycles.